The Morgan fingerprint density at radius 2 is 1.63 bits per heavy atom. The third-order valence-corrected chi connectivity index (χ3v) is 6.99. The number of ether oxygens (including phenoxy) is 3. The van der Waals surface area contributed by atoms with Crippen LogP contribution in [0.4, 0.5) is 4.79 Å². The summed E-state index contributed by atoms with van der Waals surface area (Å²) in [6.07, 6.45) is 10.3. The zero-order valence-electron chi connectivity index (χ0n) is 15.5. The van der Waals surface area contributed by atoms with E-state index in [-0.39, 0.29) is 0 Å². The molecule has 1 N–H and O–H groups in total. The first-order valence-corrected chi connectivity index (χ1v) is 10.9. The number of carboxylic acid groups (broad SMARTS) is 1. The van der Waals surface area contributed by atoms with Crippen LogP contribution in [-0.2, 0) is 15.1 Å². The van der Waals surface area contributed by atoms with E-state index in [9.17, 15) is 4.79 Å². The minimum atomic E-state index is -1.37. The summed E-state index contributed by atoms with van der Waals surface area (Å²) < 4.78 is 18.3. The summed E-state index contributed by atoms with van der Waals surface area (Å²) in [4.78, 5) is 11.2. The molecule has 1 aliphatic heterocycles. The number of carbonyl (C=O) groups is 1. The molecule has 0 aromatic heterocycles. The van der Waals surface area contributed by atoms with Crippen molar-refractivity contribution in [2.45, 2.75) is 76.3 Å². The second kappa shape index (κ2) is 8.00. The van der Waals surface area contributed by atoms with Gasteiger partial charge in [-0.25, -0.2) is 4.79 Å². The van der Waals surface area contributed by atoms with Crippen LogP contribution in [0.1, 0.15) is 69.8 Å². The molecule has 27 heavy (non-hydrogen) atoms. The van der Waals surface area contributed by atoms with Gasteiger partial charge in [0.1, 0.15) is 11.4 Å². The van der Waals surface area contributed by atoms with Crippen LogP contribution in [0, 0.1) is 11.8 Å². The van der Waals surface area contributed by atoms with E-state index >= 15 is 0 Å². The fraction of sp³-hybridized carbons (Fsp3) is 0.667. The lowest BCUT2D eigenvalue weighted by molar-refractivity contribution is -0.324. The van der Waals surface area contributed by atoms with E-state index in [0.717, 1.165) is 35.7 Å². The Morgan fingerprint density at radius 3 is 2.19 bits per heavy atom. The maximum absolute atomic E-state index is 11.2. The van der Waals surface area contributed by atoms with Gasteiger partial charge in [0.15, 0.2) is 0 Å². The fourth-order valence-corrected chi connectivity index (χ4v) is 5.78. The smallest absolute Gasteiger partial charge is 0.450 e. The highest BCUT2D eigenvalue weighted by Gasteiger charge is 2.54. The Hall–Kier alpha value is -1.27. The molecule has 148 valence electrons. The van der Waals surface area contributed by atoms with Gasteiger partial charge in [-0.15, -0.1) is 0 Å². The summed E-state index contributed by atoms with van der Waals surface area (Å²) >= 11 is 3.61. The molecule has 1 unspecified atom stereocenters. The molecule has 2 saturated carbocycles. The maximum Gasteiger partial charge on any atom is 0.510 e. The van der Waals surface area contributed by atoms with Gasteiger partial charge in [0.2, 0.25) is 0 Å². The molecular weight excluding hydrogens is 412 g/mol. The third kappa shape index (κ3) is 3.70. The second-order valence-corrected chi connectivity index (χ2v) is 8.93. The van der Waals surface area contributed by atoms with Crippen molar-refractivity contribution in [2.24, 2.45) is 11.8 Å². The molecule has 2 aliphatic carbocycles. The van der Waals surface area contributed by atoms with E-state index in [1.807, 2.05) is 12.1 Å². The Balaban J connectivity index is 1.82. The summed E-state index contributed by atoms with van der Waals surface area (Å²) in [5.41, 5.74) is 0.513. The van der Waals surface area contributed by atoms with E-state index < -0.39 is 18.2 Å². The molecule has 0 radical (unpaired) electrons. The number of fused-ring (bicyclic) bond motifs is 1. The summed E-state index contributed by atoms with van der Waals surface area (Å²) in [7, 11) is 0. The van der Waals surface area contributed by atoms with Crippen LogP contribution in [-0.4, -0.2) is 17.7 Å². The first kappa shape index (κ1) is 19.1. The average molecular weight is 439 g/mol. The standard InChI is InChI=1S/C21H27BrO5/c22-16-11-12-18-17(13-16)21(14-7-3-1-4-8-14,15-9-5-2-6-10-15)27-20(25-18)26-19(23)24/h11-15,20H,1-10H2,(H,23,24). The summed E-state index contributed by atoms with van der Waals surface area (Å²) in [6, 6.07) is 5.94. The number of halogens is 1. The van der Waals surface area contributed by atoms with Gasteiger partial charge >= 0.3 is 12.6 Å². The van der Waals surface area contributed by atoms with Gasteiger partial charge in [-0.3, -0.25) is 4.74 Å². The summed E-state index contributed by atoms with van der Waals surface area (Å²) in [5, 5.41) is 9.16. The van der Waals surface area contributed by atoms with Crippen LogP contribution in [0.2, 0.25) is 0 Å². The fourth-order valence-electron chi connectivity index (χ4n) is 5.42. The molecule has 1 heterocycles. The lowest BCUT2D eigenvalue weighted by Gasteiger charge is -2.52. The minimum Gasteiger partial charge on any atom is -0.450 e. The van der Waals surface area contributed by atoms with Crippen LogP contribution in [0.25, 0.3) is 0 Å². The van der Waals surface area contributed by atoms with Crippen LogP contribution >= 0.6 is 15.9 Å². The number of benzene rings is 1. The molecule has 1 aromatic carbocycles. The van der Waals surface area contributed by atoms with Crippen molar-refractivity contribution in [1.82, 2.24) is 0 Å². The zero-order valence-corrected chi connectivity index (χ0v) is 17.1. The highest BCUT2D eigenvalue weighted by molar-refractivity contribution is 9.10. The highest BCUT2D eigenvalue weighted by Crippen LogP contribution is 2.56. The van der Waals surface area contributed by atoms with Gasteiger partial charge in [-0.1, -0.05) is 54.5 Å². The molecule has 0 amide bonds. The predicted molar refractivity (Wildman–Crippen MR) is 104 cm³/mol. The van der Waals surface area contributed by atoms with Crippen LogP contribution < -0.4 is 4.74 Å². The van der Waals surface area contributed by atoms with Crippen molar-refractivity contribution in [3.63, 3.8) is 0 Å². The second-order valence-electron chi connectivity index (χ2n) is 8.01. The number of hydrogen-bond acceptors (Lipinski definition) is 4. The molecule has 1 atom stereocenters. The lowest BCUT2D eigenvalue weighted by atomic mass is 9.63. The molecular formula is C21H27BrO5. The summed E-state index contributed by atoms with van der Waals surface area (Å²) in [5.74, 6) is 1.39. The topological polar surface area (TPSA) is 65.0 Å². The molecule has 5 nitrogen and oxygen atoms in total. The van der Waals surface area contributed by atoms with Crippen LogP contribution in [0.5, 0.6) is 5.75 Å². The summed E-state index contributed by atoms with van der Waals surface area (Å²) in [6.45, 7) is -1.21. The zero-order chi connectivity index (χ0) is 18.9. The Morgan fingerprint density at radius 1 is 1.04 bits per heavy atom. The van der Waals surface area contributed by atoms with Gasteiger partial charge in [0.05, 0.1) is 0 Å². The molecule has 6 heteroatoms. The van der Waals surface area contributed by atoms with E-state index in [2.05, 4.69) is 22.0 Å². The van der Waals surface area contributed by atoms with E-state index in [1.54, 1.807) is 0 Å². The molecule has 0 bridgehead atoms. The van der Waals surface area contributed by atoms with Crippen molar-refractivity contribution < 1.29 is 24.1 Å². The van der Waals surface area contributed by atoms with Crippen LogP contribution in [0.3, 0.4) is 0 Å². The Labute approximate surface area is 168 Å². The number of hydrogen-bond donors (Lipinski definition) is 1. The lowest BCUT2D eigenvalue weighted by Crippen LogP contribution is -2.53. The monoisotopic (exact) mass is 438 g/mol. The molecule has 4 rings (SSSR count). The van der Waals surface area contributed by atoms with Gasteiger partial charge in [0, 0.05) is 10.0 Å². The normalized spacial score (nSPS) is 26.0. The molecule has 0 saturated heterocycles. The predicted octanol–water partition coefficient (Wildman–Crippen LogP) is 6.19. The van der Waals surface area contributed by atoms with E-state index in [4.69, 9.17) is 19.3 Å². The average Bonchev–Trinajstić information content (AvgIpc) is 2.68. The van der Waals surface area contributed by atoms with Crippen molar-refractivity contribution in [1.29, 1.82) is 0 Å². The van der Waals surface area contributed by atoms with Gasteiger partial charge in [0.25, 0.3) is 0 Å². The van der Waals surface area contributed by atoms with Crippen molar-refractivity contribution in [3.05, 3.63) is 28.2 Å². The third-order valence-electron chi connectivity index (χ3n) is 6.50. The van der Waals surface area contributed by atoms with Gasteiger partial charge < -0.3 is 14.6 Å². The largest absolute Gasteiger partial charge is 0.510 e. The van der Waals surface area contributed by atoms with Gasteiger partial charge in [-0.2, -0.15) is 0 Å². The number of rotatable bonds is 3. The first-order valence-electron chi connectivity index (χ1n) is 10.1. The Kier molecular flexibility index (Phi) is 5.65. The van der Waals surface area contributed by atoms with E-state index in [0.29, 0.717) is 17.6 Å². The van der Waals surface area contributed by atoms with E-state index in [1.165, 1.54) is 38.5 Å². The molecule has 0 spiro atoms. The van der Waals surface area contributed by atoms with Crippen molar-refractivity contribution in [3.8, 4) is 5.75 Å². The molecule has 1 aromatic rings. The Bertz CT molecular complexity index is 661. The van der Waals surface area contributed by atoms with Crippen LogP contribution in [0.15, 0.2) is 22.7 Å². The minimum absolute atomic E-state index is 0.353. The van der Waals surface area contributed by atoms with Crippen molar-refractivity contribution in [2.75, 3.05) is 0 Å². The van der Waals surface area contributed by atoms with Gasteiger partial charge in [-0.05, 0) is 55.7 Å². The maximum atomic E-state index is 11.2. The highest BCUT2D eigenvalue weighted by atomic mass is 79.9. The first-order chi connectivity index (χ1) is 13.1. The SMILES string of the molecule is O=C(O)OC1Oc2ccc(Br)cc2C(C2CCCCC2)(C2CCCCC2)O1. The molecule has 2 fully saturated rings. The van der Waals surface area contributed by atoms with Crippen molar-refractivity contribution >= 4 is 22.1 Å². The molecule has 3 aliphatic rings. The quantitative estimate of drug-likeness (QED) is 0.569.